The molecule has 1 heterocycles. The molecule has 110 valence electrons. The number of rotatable bonds is 4. The zero-order valence-corrected chi connectivity index (χ0v) is 12.1. The van der Waals surface area contributed by atoms with Crippen LogP contribution >= 0.6 is 0 Å². The molecule has 0 radical (unpaired) electrons. The van der Waals surface area contributed by atoms with Crippen molar-refractivity contribution in [3.05, 3.63) is 33.9 Å². The zero-order chi connectivity index (χ0) is 14.5. The van der Waals surface area contributed by atoms with Crippen LogP contribution in [0.4, 0.5) is 11.4 Å². The van der Waals surface area contributed by atoms with Crippen LogP contribution in [0.3, 0.4) is 0 Å². The number of nitro benzene ring substituents is 1. The summed E-state index contributed by atoms with van der Waals surface area (Å²) < 4.78 is 0. The van der Waals surface area contributed by atoms with Crippen LogP contribution in [-0.4, -0.2) is 55.0 Å². The number of hydrogen-bond acceptors (Lipinski definition) is 5. The summed E-state index contributed by atoms with van der Waals surface area (Å²) in [6.07, 6.45) is 1.14. The van der Waals surface area contributed by atoms with Gasteiger partial charge in [0.05, 0.1) is 4.92 Å². The average molecular weight is 278 g/mol. The first-order valence-electron chi connectivity index (χ1n) is 6.96. The van der Waals surface area contributed by atoms with E-state index in [-0.39, 0.29) is 10.6 Å². The third kappa shape index (κ3) is 3.68. The topological polar surface area (TPSA) is 61.7 Å². The van der Waals surface area contributed by atoms with Crippen LogP contribution in [0.1, 0.15) is 12.0 Å². The first kappa shape index (κ1) is 14.7. The van der Waals surface area contributed by atoms with E-state index < -0.39 is 0 Å². The Hall–Kier alpha value is -1.66. The summed E-state index contributed by atoms with van der Waals surface area (Å²) in [6, 6.07) is 5.02. The van der Waals surface area contributed by atoms with Gasteiger partial charge in [0.25, 0.3) is 5.69 Å². The fraction of sp³-hybridized carbons (Fsp3) is 0.571. The third-order valence-electron chi connectivity index (χ3n) is 3.78. The Kier molecular flexibility index (Phi) is 4.92. The highest BCUT2D eigenvalue weighted by Crippen LogP contribution is 2.23. The normalized spacial score (nSPS) is 17.7. The van der Waals surface area contributed by atoms with E-state index in [1.165, 1.54) is 0 Å². The lowest BCUT2D eigenvalue weighted by Gasteiger charge is -2.21. The number of nitrogens with one attached hydrogen (secondary N) is 1. The molecule has 6 heteroatoms. The summed E-state index contributed by atoms with van der Waals surface area (Å²) >= 11 is 0. The molecule has 1 aliphatic heterocycles. The minimum atomic E-state index is -0.334. The van der Waals surface area contributed by atoms with Gasteiger partial charge in [0.2, 0.25) is 0 Å². The second-order valence-electron chi connectivity index (χ2n) is 5.28. The maximum absolute atomic E-state index is 10.9. The molecule has 6 nitrogen and oxygen atoms in total. The van der Waals surface area contributed by atoms with Crippen LogP contribution in [0.5, 0.6) is 0 Å². The zero-order valence-electron chi connectivity index (χ0n) is 12.1. The predicted molar refractivity (Wildman–Crippen MR) is 80.0 cm³/mol. The van der Waals surface area contributed by atoms with Gasteiger partial charge in [0.15, 0.2) is 0 Å². The Labute approximate surface area is 119 Å². The highest BCUT2D eigenvalue weighted by Gasteiger charge is 2.16. The molecule has 0 saturated carbocycles. The van der Waals surface area contributed by atoms with Gasteiger partial charge in [-0.15, -0.1) is 0 Å². The van der Waals surface area contributed by atoms with Crippen LogP contribution in [0, 0.1) is 10.1 Å². The number of nitrogens with zero attached hydrogens (tertiary/aromatic N) is 3. The van der Waals surface area contributed by atoms with E-state index >= 15 is 0 Å². The number of non-ortho nitro benzene ring substituents is 1. The van der Waals surface area contributed by atoms with E-state index in [0.717, 1.165) is 50.4 Å². The van der Waals surface area contributed by atoms with Gasteiger partial charge in [-0.2, -0.15) is 0 Å². The molecule has 0 bridgehead atoms. The van der Waals surface area contributed by atoms with Gasteiger partial charge >= 0.3 is 0 Å². The Balaban J connectivity index is 2.14. The van der Waals surface area contributed by atoms with Gasteiger partial charge < -0.3 is 10.2 Å². The molecular weight excluding hydrogens is 256 g/mol. The molecular formula is C14H22N4O2. The van der Waals surface area contributed by atoms with Crippen molar-refractivity contribution < 1.29 is 4.92 Å². The lowest BCUT2D eigenvalue weighted by molar-refractivity contribution is -0.384. The fourth-order valence-electron chi connectivity index (χ4n) is 2.57. The van der Waals surface area contributed by atoms with Crippen molar-refractivity contribution in [3.8, 4) is 0 Å². The van der Waals surface area contributed by atoms with E-state index in [4.69, 9.17) is 0 Å². The minimum Gasteiger partial charge on any atom is -0.388 e. The van der Waals surface area contributed by atoms with Crippen molar-refractivity contribution in [2.75, 3.05) is 45.6 Å². The lowest BCUT2D eigenvalue weighted by atomic mass is 10.1. The Bertz CT molecular complexity index is 478. The Morgan fingerprint density at radius 1 is 1.30 bits per heavy atom. The summed E-state index contributed by atoms with van der Waals surface area (Å²) in [6.45, 7) is 4.96. The van der Waals surface area contributed by atoms with Gasteiger partial charge in [0.1, 0.15) is 0 Å². The molecule has 1 saturated heterocycles. The second kappa shape index (κ2) is 6.67. The van der Waals surface area contributed by atoms with Gasteiger partial charge in [-0.05, 0) is 38.2 Å². The molecule has 1 N–H and O–H groups in total. The van der Waals surface area contributed by atoms with Crippen molar-refractivity contribution in [1.82, 2.24) is 9.80 Å². The van der Waals surface area contributed by atoms with Crippen LogP contribution < -0.4 is 5.32 Å². The average Bonchev–Trinajstić information content (AvgIpc) is 2.63. The molecule has 0 atom stereocenters. The quantitative estimate of drug-likeness (QED) is 0.672. The summed E-state index contributed by atoms with van der Waals surface area (Å²) in [5.74, 6) is 0. The van der Waals surface area contributed by atoms with Gasteiger partial charge in [-0.1, -0.05) is 0 Å². The van der Waals surface area contributed by atoms with Gasteiger partial charge in [0, 0.05) is 44.5 Å². The highest BCUT2D eigenvalue weighted by molar-refractivity contribution is 5.55. The first-order chi connectivity index (χ1) is 9.60. The molecule has 0 spiro atoms. The standard InChI is InChI=1S/C14H22N4O2/c1-15-14-5-4-13(18(19)20)10-12(14)11-17-7-3-6-16(2)8-9-17/h4-5,10,15H,3,6-9,11H2,1-2H3. The van der Waals surface area contributed by atoms with Crippen LogP contribution in [0.15, 0.2) is 18.2 Å². The molecule has 20 heavy (non-hydrogen) atoms. The smallest absolute Gasteiger partial charge is 0.269 e. The second-order valence-corrected chi connectivity index (χ2v) is 5.28. The number of benzene rings is 1. The number of anilines is 1. The maximum Gasteiger partial charge on any atom is 0.269 e. The highest BCUT2D eigenvalue weighted by atomic mass is 16.6. The lowest BCUT2D eigenvalue weighted by Crippen LogP contribution is -2.28. The summed E-state index contributed by atoms with van der Waals surface area (Å²) in [4.78, 5) is 15.3. The first-order valence-corrected chi connectivity index (χ1v) is 6.96. The van der Waals surface area contributed by atoms with Crippen molar-refractivity contribution >= 4 is 11.4 Å². The molecule has 2 rings (SSSR count). The molecule has 1 aromatic rings. The van der Waals surface area contributed by atoms with Gasteiger partial charge in [-0.25, -0.2) is 0 Å². The molecule has 1 aromatic carbocycles. The van der Waals surface area contributed by atoms with E-state index in [1.807, 2.05) is 7.05 Å². The number of hydrogen-bond donors (Lipinski definition) is 1. The van der Waals surface area contributed by atoms with Crippen molar-refractivity contribution in [1.29, 1.82) is 0 Å². The largest absolute Gasteiger partial charge is 0.388 e. The summed E-state index contributed by atoms with van der Waals surface area (Å²) in [5.41, 5.74) is 2.12. The van der Waals surface area contributed by atoms with Crippen LogP contribution in [0.25, 0.3) is 0 Å². The summed E-state index contributed by atoms with van der Waals surface area (Å²) in [5, 5.41) is 14.0. The summed E-state index contributed by atoms with van der Waals surface area (Å²) in [7, 11) is 3.98. The SMILES string of the molecule is CNc1ccc([N+](=O)[O-])cc1CN1CCCN(C)CC1. The van der Waals surface area contributed by atoms with Crippen molar-refractivity contribution in [2.24, 2.45) is 0 Å². The monoisotopic (exact) mass is 278 g/mol. The van der Waals surface area contributed by atoms with Crippen LogP contribution in [0.2, 0.25) is 0 Å². The van der Waals surface area contributed by atoms with Crippen molar-refractivity contribution in [3.63, 3.8) is 0 Å². The predicted octanol–water partition coefficient (Wildman–Crippen LogP) is 1.77. The molecule has 1 aliphatic rings. The molecule has 0 unspecified atom stereocenters. The Morgan fingerprint density at radius 2 is 2.10 bits per heavy atom. The van der Waals surface area contributed by atoms with E-state index in [9.17, 15) is 10.1 Å². The van der Waals surface area contributed by atoms with Crippen molar-refractivity contribution in [2.45, 2.75) is 13.0 Å². The maximum atomic E-state index is 10.9. The van der Waals surface area contributed by atoms with Crippen LogP contribution in [-0.2, 0) is 6.54 Å². The van der Waals surface area contributed by atoms with E-state index in [1.54, 1.807) is 18.2 Å². The number of likely N-dealkylation sites (N-methyl/N-ethyl adjacent to an activating group) is 1. The fourth-order valence-corrected chi connectivity index (χ4v) is 2.57. The third-order valence-corrected chi connectivity index (χ3v) is 3.78. The van der Waals surface area contributed by atoms with Gasteiger partial charge in [-0.3, -0.25) is 15.0 Å². The van der Waals surface area contributed by atoms with E-state index in [0.29, 0.717) is 0 Å². The molecule has 0 aromatic heterocycles. The Morgan fingerprint density at radius 3 is 2.80 bits per heavy atom. The molecule has 1 fully saturated rings. The minimum absolute atomic E-state index is 0.158. The van der Waals surface area contributed by atoms with E-state index in [2.05, 4.69) is 22.2 Å². The number of nitro groups is 1. The molecule has 0 amide bonds. The molecule has 0 aliphatic carbocycles.